The molecule has 172 valence electrons. The van der Waals surface area contributed by atoms with Crippen LogP contribution >= 0.6 is 0 Å². The molecule has 2 heterocycles. The quantitative estimate of drug-likeness (QED) is 0.327. The molecule has 0 saturated carbocycles. The van der Waals surface area contributed by atoms with E-state index >= 15 is 0 Å². The first-order valence-electron chi connectivity index (χ1n) is 11.3. The molecule has 1 aliphatic heterocycles. The summed E-state index contributed by atoms with van der Waals surface area (Å²) in [6.45, 7) is 4.58. The average molecular weight is 457 g/mol. The van der Waals surface area contributed by atoms with E-state index in [2.05, 4.69) is 11.8 Å². The zero-order chi connectivity index (χ0) is 23.7. The third-order valence-corrected chi connectivity index (χ3v) is 6.17. The molecule has 8 heteroatoms. The Labute approximate surface area is 196 Å². The second kappa shape index (κ2) is 9.07. The molecule has 0 spiro atoms. The molecule has 0 N–H and O–H groups in total. The molecule has 0 atom stereocenters. The van der Waals surface area contributed by atoms with E-state index in [1.54, 1.807) is 24.3 Å². The number of aromatic nitrogens is 2. The third-order valence-electron chi connectivity index (χ3n) is 6.17. The summed E-state index contributed by atoms with van der Waals surface area (Å²) < 4.78 is 6.61. The number of nitrogens with zero attached hydrogens (tertiary/aromatic N) is 4. The van der Waals surface area contributed by atoms with E-state index in [1.165, 1.54) is 10.7 Å². The van der Waals surface area contributed by atoms with Gasteiger partial charge in [-0.05, 0) is 36.2 Å². The summed E-state index contributed by atoms with van der Waals surface area (Å²) in [5.41, 5.74) is 2.98. The molecule has 1 aromatic heterocycles. The van der Waals surface area contributed by atoms with Crippen LogP contribution in [0, 0.1) is 10.1 Å². The Morgan fingerprint density at radius 2 is 1.76 bits per heavy atom. The van der Waals surface area contributed by atoms with Crippen molar-refractivity contribution in [3.05, 3.63) is 92.8 Å². The molecule has 4 aromatic rings. The molecule has 1 aliphatic rings. The number of hydrogen-bond donors (Lipinski definition) is 0. The molecule has 1 saturated heterocycles. The largest absolute Gasteiger partial charge is 0.378 e. The lowest BCUT2D eigenvalue weighted by Crippen LogP contribution is -2.36. The Bertz CT molecular complexity index is 1440. The van der Waals surface area contributed by atoms with Crippen molar-refractivity contribution in [1.82, 2.24) is 9.78 Å². The van der Waals surface area contributed by atoms with Gasteiger partial charge in [-0.2, -0.15) is 9.78 Å². The van der Waals surface area contributed by atoms with Crippen molar-refractivity contribution < 1.29 is 9.66 Å². The van der Waals surface area contributed by atoms with Crippen molar-refractivity contribution in [2.24, 2.45) is 0 Å². The number of fused-ring (bicyclic) bond motifs is 1. The summed E-state index contributed by atoms with van der Waals surface area (Å²) in [6, 6.07) is 20.1. The molecule has 0 bridgehead atoms. The van der Waals surface area contributed by atoms with Gasteiger partial charge in [0.1, 0.15) is 5.69 Å². The molecule has 8 nitrogen and oxygen atoms in total. The van der Waals surface area contributed by atoms with Crippen molar-refractivity contribution in [2.75, 3.05) is 31.2 Å². The highest BCUT2D eigenvalue weighted by molar-refractivity contribution is 5.94. The van der Waals surface area contributed by atoms with Crippen LogP contribution in [-0.4, -0.2) is 41.0 Å². The summed E-state index contributed by atoms with van der Waals surface area (Å²) in [5.74, 6) is 0. The number of nitro groups is 1. The molecule has 1 fully saturated rings. The zero-order valence-electron chi connectivity index (χ0n) is 18.8. The van der Waals surface area contributed by atoms with Gasteiger partial charge in [0.15, 0.2) is 0 Å². The van der Waals surface area contributed by atoms with E-state index in [0.717, 1.165) is 23.2 Å². The Morgan fingerprint density at radius 1 is 1.00 bits per heavy atom. The topological polar surface area (TPSA) is 90.5 Å². The van der Waals surface area contributed by atoms with Gasteiger partial charge < -0.3 is 9.64 Å². The van der Waals surface area contributed by atoms with Gasteiger partial charge in [-0.15, -0.1) is 0 Å². The normalized spacial score (nSPS) is 13.9. The molecule has 0 amide bonds. The number of rotatable bonds is 5. The van der Waals surface area contributed by atoms with E-state index in [4.69, 9.17) is 9.84 Å². The van der Waals surface area contributed by atoms with Crippen LogP contribution < -0.4 is 10.5 Å². The van der Waals surface area contributed by atoms with Crippen molar-refractivity contribution >= 4 is 22.1 Å². The Hall–Kier alpha value is -4.04. The number of nitro benzene ring substituents is 1. The molecule has 34 heavy (non-hydrogen) atoms. The van der Waals surface area contributed by atoms with Crippen LogP contribution in [0.25, 0.3) is 27.7 Å². The minimum atomic E-state index is -0.473. The predicted molar refractivity (Wildman–Crippen MR) is 132 cm³/mol. The van der Waals surface area contributed by atoms with Crippen LogP contribution in [0.4, 0.5) is 11.4 Å². The minimum absolute atomic E-state index is 0.151. The summed E-state index contributed by atoms with van der Waals surface area (Å²) in [6.07, 6.45) is 0.860. The summed E-state index contributed by atoms with van der Waals surface area (Å²) in [4.78, 5) is 27.1. The lowest BCUT2D eigenvalue weighted by atomic mass is 10.0. The predicted octanol–water partition coefficient (Wildman–Crippen LogP) is 4.36. The van der Waals surface area contributed by atoms with Gasteiger partial charge in [-0.1, -0.05) is 43.3 Å². The smallest absolute Gasteiger partial charge is 0.295 e. The average Bonchev–Trinajstić information content (AvgIpc) is 2.89. The fourth-order valence-electron chi connectivity index (χ4n) is 4.36. The molecule has 0 aliphatic carbocycles. The maximum atomic E-state index is 13.5. The second-order valence-corrected chi connectivity index (χ2v) is 8.19. The standard InChI is InChI=1S/C26H24N4O4/c1-2-18-6-5-7-19(16-18)25-21-8-3-4-9-22(21)26(31)29(27-25)24-17-20(10-11-23(24)30(32)33)28-12-14-34-15-13-28/h3-11,16-17H,2,12-15H2,1H3. The van der Waals surface area contributed by atoms with Gasteiger partial charge in [0.2, 0.25) is 0 Å². The van der Waals surface area contributed by atoms with Gasteiger partial charge in [0.25, 0.3) is 11.2 Å². The molecule has 5 rings (SSSR count). The van der Waals surface area contributed by atoms with Crippen LogP contribution in [-0.2, 0) is 11.2 Å². The Balaban J connectivity index is 1.78. The summed E-state index contributed by atoms with van der Waals surface area (Å²) >= 11 is 0. The van der Waals surface area contributed by atoms with Crippen LogP contribution in [0.5, 0.6) is 0 Å². The third kappa shape index (κ3) is 3.92. The van der Waals surface area contributed by atoms with E-state index in [9.17, 15) is 14.9 Å². The van der Waals surface area contributed by atoms with Gasteiger partial charge in [-0.3, -0.25) is 14.9 Å². The van der Waals surface area contributed by atoms with Gasteiger partial charge in [0, 0.05) is 35.8 Å². The van der Waals surface area contributed by atoms with E-state index in [0.29, 0.717) is 42.8 Å². The van der Waals surface area contributed by atoms with Crippen LogP contribution in [0.2, 0.25) is 0 Å². The highest BCUT2D eigenvalue weighted by Crippen LogP contribution is 2.31. The van der Waals surface area contributed by atoms with E-state index < -0.39 is 10.5 Å². The Morgan fingerprint density at radius 3 is 2.50 bits per heavy atom. The lowest BCUT2D eigenvalue weighted by Gasteiger charge is -2.29. The number of morpholine rings is 1. The lowest BCUT2D eigenvalue weighted by molar-refractivity contribution is -0.384. The molecule has 0 radical (unpaired) electrons. The van der Waals surface area contributed by atoms with E-state index in [-0.39, 0.29) is 11.4 Å². The number of aryl methyl sites for hydroxylation is 1. The van der Waals surface area contributed by atoms with Crippen LogP contribution in [0.15, 0.2) is 71.5 Å². The number of ether oxygens (including phenoxy) is 1. The highest BCUT2D eigenvalue weighted by Gasteiger charge is 2.23. The number of anilines is 1. The Kier molecular flexibility index (Phi) is 5.81. The fraction of sp³-hybridized carbons (Fsp3) is 0.231. The molecular formula is C26H24N4O4. The number of benzene rings is 3. The second-order valence-electron chi connectivity index (χ2n) is 8.19. The number of hydrogen-bond acceptors (Lipinski definition) is 6. The maximum absolute atomic E-state index is 13.5. The molecular weight excluding hydrogens is 432 g/mol. The fourth-order valence-corrected chi connectivity index (χ4v) is 4.36. The minimum Gasteiger partial charge on any atom is -0.378 e. The summed E-state index contributed by atoms with van der Waals surface area (Å²) in [5, 5.41) is 17.8. The van der Waals surface area contributed by atoms with Crippen molar-refractivity contribution in [3.63, 3.8) is 0 Å². The van der Waals surface area contributed by atoms with Crippen molar-refractivity contribution in [3.8, 4) is 16.9 Å². The maximum Gasteiger partial charge on any atom is 0.295 e. The SMILES string of the molecule is CCc1cccc(-c2nn(-c3cc(N4CCOCC4)ccc3[N+](=O)[O-])c(=O)c3ccccc23)c1. The summed E-state index contributed by atoms with van der Waals surface area (Å²) in [7, 11) is 0. The van der Waals surface area contributed by atoms with E-state index in [1.807, 2.05) is 36.4 Å². The molecule has 3 aromatic carbocycles. The van der Waals surface area contributed by atoms with Gasteiger partial charge in [-0.25, -0.2) is 0 Å². The van der Waals surface area contributed by atoms with Crippen molar-refractivity contribution in [1.29, 1.82) is 0 Å². The van der Waals surface area contributed by atoms with Gasteiger partial charge in [0.05, 0.1) is 29.2 Å². The highest BCUT2D eigenvalue weighted by atomic mass is 16.6. The van der Waals surface area contributed by atoms with Crippen molar-refractivity contribution in [2.45, 2.75) is 13.3 Å². The van der Waals surface area contributed by atoms with Gasteiger partial charge >= 0.3 is 0 Å². The first-order valence-corrected chi connectivity index (χ1v) is 11.3. The monoisotopic (exact) mass is 456 g/mol. The first kappa shape index (κ1) is 21.8. The van der Waals surface area contributed by atoms with Crippen LogP contribution in [0.3, 0.4) is 0 Å². The zero-order valence-corrected chi connectivity index (χ0v) is 18.8. The molecule has 0 unspecified atom stereocenters. The van der Waals surface area contributed by atoms with Crippen LogP contribution in [0.1, 0.15) is 12.5 Å². The first-order chi connectivity index (χ1) is 16.6.